The summed E-state index contributed by atoms with van der Waals surface area (Å²) in [5.41, 5.74) is 0. The zero-order valence-electron chi connectivity index (χ0n) is 8.83. The third-order valence-electron chi connectivity index (χ3n) is 2.84. The summed E-state index contributed by atoms with van der Waals surface area (Å²) in [6.07, 6.45) is 9.01. The van der Waals surface area contributed by atoms with E-state index < -0.39 is 5.92 Å². The van der Waals surface area contributed by atoms with Gasteiger partial charge in [-0.1, -0.05) is 38.5 Å². The summed E-state index contributed by atoms with van der Waals surface area (Å²) >= 11 is 0. The first-order valence-corrected chi connectivity index (χ1v) is 5.79. The van der Waals surface area contributed by atoms with E-state index in [1.165, 1.54) is 38.5 Å². The largest absolute Gasteiger partial charge is 0.316 e. The van der Waals surface area contributed by atoms with E-state index in [0.717, 1.165) is 0 Å². The number of halogens is 2. The second-order valence-corrected chi connectivity index (χ2v) is 4.23. The Kier molecular flexibility index (Phi) is 5.38. The topological polar surface area (TPSA) is 12.0 Å². The average molecular weight is 205 g/mol. The van der Waals surface area contributed by atoms with Crippen molar-refractivity contribution in [3.63, 3.8) is 0 Å². The first-order chi connectivity index (χ1) is 6.71. The van der Waals surface area contributed by atoms with E-state index in [2.05, 4.69) is 5.32 Å². The fourth-order valence-electron chi connectivity index (χ4n) is 1.85. The van der Waals surface area contributed by atoms with Crippen LogP contribution in [0.15, 0.2) is 0 Å². The van der Waals surface area contributed by atoms with Crippen molar-refractivity contribution in [3.8, 4) is 0 Å². The van der Waals surface area contributed by atoms with Crippen LogP contribution in [0.3, 0.4) is 0 Å². The molecule has 2 rings (SSSR count). The molecule has 1 saturated carbocycles. The maximum absolute atomic E-state index is 12.2. The summed E-state index contributed by atoms with van der Waals surface area (Å²) in [7, 11) is 0. The van der Waals surface area contributed by atoms with Gasteiger partial charge in [0.25, 0.3) is 5.92 Å². The Morgan fingerprint density at radius 2 is 1.07 bits per heavy atom. The second-order valence-electron chi connectivity index (χ2n) is 4.23. The highest BCUT2D eigenvalue weighted by Gasteiger charge is 2.30. The number of nitrogens with one attached hydrogen (secondary N) is 1. The first-order valence-electron chi connectivity index (χ1n) is 5.79. The van der Waals surface area contributed by atoms with Crippen LogP contribution in [0, 0.1) is 0 Å². The molecule has 1 N–H and O–H groups in total. The molecule has 1 nitrogen and oxygen atoms in total. The van der Waals surface area contributed by atoms with Crippen LogP contribution in [0.4, 0.5) is 8.78 Å². The highest BCUT2D eigenvalue weighted by molar-refractivity contribution is 4.73. The van der Waals surface area contributed by atoms with Crippen LogP contribution in [0.1, 0.15) is 51.4 Å². The molecule has 3 heteroatoms. The molecule has 84 valence electrons. The minimum Gasteiger partial charge on any atom is -0.316 e. The quantitative estimate of drug-likeness (QED) is 0.639. The molecule has 1 heterocycles. The third-order valence-corrected chi connectivity index (χ3v) is 2.84. The Balaban J connectivity index is 0.000000146. The number of hydrogen-bond acceptors (Lipinski definition) is 1. The molecule has 0 amide bonds. The van der Waals surface area contributed by atoms with Gasteiger partial charge in [-0.25, -0.2) is 8.78 Å². The number of rotatable bonds is 0. The van der Waals surface area contributed by atoms with E-state index in [0.29, 0.717) is 13.1 Å². The molecule has 0 bridgehead atoms. The summed E-state index contributed by atoms with van der Waals surface area (Å²) in [5, 5.41) is 2.86. The zero-order valence-corrected chi connectivity index (χ0v) is 8.83. The van der Waals surface area contributed by atoms with Gasteiger partial charge in [0.15, 0.2) is 0 Å². The van der Waals surface area contributed by atoms with Crippen molar-refractivity contribution in [2.75, 3.05) is 13.1 Å². The van der Waals surface area contributed by atoms with Crippen LogP contribution in [0.5, 0.6) is 0 Å². The van der Waals surface area contributed by atoms with E-state index in [1.807, 2.05) is 0 Å². The molecule has 1 aliphatic heterocycles. The lowest BCUT2D eigenvalue weighted by atomic mass is 10.0. The van der Waals surface area contributed by atoms with Crippen molar-refractivity contribution in [2.24, 2.45) is 0 Å². The van der Waals surface area contributed by atoms with Gasteiger partial charge in [0.2, 0.25) is 0 Å². The summed E-state index contributed by atoms with van der Waals surface area (Å²) < 4.78 is 24.3. The minimum absolute atomic E-state index is 0.00694. The summed E-state index contributed by atoms with van der Waals surface area (Å²) in [5.74, 6) is -2.38. The maximum Gasteiger partial charge on any atom is 0.250 e. The van der Waals surface area contributed by atoms with Crippen LogP contribution in [0.2, 0.25) is 0 Å². The van der Waals surface area contributed by atoms with Gasteiger partial charge in [-0.05, 0) is 0 Å². The van der Waals surface area contributed by atoms with E-state index in [4.69, 9.17) is 0 Å². The molecule has 0 aromatic carbocycles. The molecular formula is C11H21F2N. The van der Waals surface area contributed by atoms with Gasteiger partial charge in [0.1, 0.15) is 0 Å². The highest BCUT2D eigenvalue weighted by Crippen LogP contribution is 2.23. The minimum atomic E-state index is -2.38. The zero-order chi connectivity index (χ0) is 10.3. The Bertz CT molecular complexity index is 125. The van der Waals surface area contributed by atoms with E-state index in [9.17, 15) is 8.78 Å². The Morgan fingerprint density at radius 1 is 0.714 bits per heavy atom. The van der Waals surface area contributed by atoms with Crippen molar-refractivity contribution >= 4 is 0 Å². The predicted molar refractivity (Wildman–Crippen MR) is 54.8 cm³/mol. The van der Waals surface area contributed by atoms with Crippen molar-refractivity contribution in [3.05, 3.63) is 0 Å². The van der Waals surface area contributed by atoms with Crippen LogP contribution < -0.4 is 5.32 Å². The SMILES string of the molecule is C1CCCCC1.FC1(F)CCNCC1. The molecule has 2 fully saturated rings. The van der Waals surface area contributed by atoms with E-state index >= 15 is 0 Å². The van der Waals surface area contributed by atoms with E-state index in [1.54, 1.807) is 0 Å². The van der Waals surface area contributed by atoms with Crippen LogP contribution in [0.25, 0.3) is 0 Å². The molecule has 0 atom stereocenters. The molecule has 14 heavy (non-hydrogen) atoms. The van der Waals surface area contributed by atoms with Crippen molar-refractivity contribution in [1.82, 2.24) is 5.32 Å². The third kappa shape index (κ3) is 5.53. The Morgan fingerprint density at radius 3 is 1.29 bits per heavy atom. The standard InChI is InChI=1S/C6H12.C5H9F2N/c1-2-4-6-5-3-1;6-5(7)1-3-8-4-2-5/h1-6H2;8H,1-4H2. The fourth-order valence-corrected chi connectivity index (χ4v) is 1.85. The number of piperidine rings is 1. The number of alkyl halides is 2. The Labute approximate surface area is 85.3 Å². The highest BCUT2D eigenvalue weighted by atomic mass is 19.3. The molecule has 1 saturated heterocycles. The van der Waals surface area contributed by atoms with Crippen LogP contribution >= 0.6 is 0 Å². The van der Waals surface area contributed by atoms with Crippen molar-refractivity contribution in [2.45, 2.75) is 57.3 Å². The smallest absolute Gasteiger partial charge is 0.250 e. The predicted octanol–water partition coefficient (Wildman–Crippen LogP) is 3.35. The first kappa shape index (κ1) is 11.9. The summed E-state index contributed by atoms with van der Waals surface area (Å²) in [6.45, 7) is 0.931. The molecule has 1 aliphatic carbocycles. The molecule has 0 aromatic heterocycles. The van der Waals surface area contributed by atoms with Gasteiger partial charge >= 0.3 is 0 Å². The molecular weight excluding hydrogens is 184 g/mol. The Hall–Kier alpha value is -0.180. The van der Waals surface area contributed by atoms with Gasteiger partial charge in [0, 0.05) is 25.9 Å². The summed E-state index contributed by atoms with van der Waals surface area (Å²) in [6, 6.07) is 0. The van der Waals surface area contributed by atoms with Crippen LogP contribution in [-0.4, -0.2) is 19.0 Å². The van der Waals surface area contributed by atoms with Crippen molar-refractivity contribution in [1.29, 1.82) is 0 Å². The van der Waals surface area contributed by atoms with Crippen molar-refractivity contribution < 1.29 is 8.78 Å². The van der Waals surface area contributed by atoms with Crippen LogP contribution in [-0.2, 0) is 0 Å². The maximum atomic E-state index is 12.2. The normalized spacial score (nSPS) is 26.1. The lowest BCUT2D eigenvalue weighted by molar-refractivity contribution is -0.0274. The van der Waals surface area contributed by atoms with Gasteiger partial charge < -0.3 is 5.32 Å². The average Bonchev–Trinajstić information content (AvgIpc) is 2.21. The fraction of sp³-hybridized carbons (Fsp3) is 1.00. The molecule has 0 unspecified atom stereocenters. The lowest BCUT2D eigenvalue weighted by Crippen LogP contribution is -2.35. The second kappa shape index (κ2) is 6.33. The summed E-state index contributed by atoms with van der Waals surface area (Å²) in [4.78, 5) is 0. The van der Waals surface area contributed by atoms with Gasteiger partial charge in [-0.3, -0.25) is 0 Å². The number of hydrogen-bond donors (Lipinski definition) is 1. The lowest BCUT2D eigenvalue weighted by Gasteiger charge is -2.21. The van der Waals surface area contributed by atoms with E-state index in [-0.39, 0.29) is 12.8 Å². The molecule has 0 aromatic rings. The monoisotopic (exact) mass is 205 g/mol. The molecule has 0 spiro atoms. The van der Waals surface area contributed by atoms with Gasteiger partial charge in [-0.2, -0.15) is 0 Å². The molecule has 2 aliphatic rings. The van der Waals surface area contributed by atoms with Gasteiger partial charge in [-0.15, -0.1) is 0 Å². The van der Waals surface area contributed by atoms with Gasteiger partial charge in [0.05, 0.1) is 0 Å². The molecule has 0 radical (unpaired) electrons.